The number of aromatic amines is 1. The van der Waals surface area contributed by atoms with E-state index in [0.29, 0.717) is 6.54 Å². The second-order valence-corrected chi connectivity index (χ2v) is 7.50. The summed E-state index contributed by atoms with van der Waals surface area (Å²) in [6.45, 7) is 0.532. The van der Waals surface area contributed by atoms with Gasteiger partial charge in [0, 0.05) is 40.5 Å². The third-order valence-corrected chi connectivity index (χ3v) is 5.74. The molecule has 4 rings (SSSR count). The zero-order valence-electron chi connectivity index (χ0n) is 15.1. The summed E-state index contributed by atoms with van der Waals surface area (Å²) in [5, 5.41) is 5.07. The minimum atomic E-state index is -0.00191. The van der Waals surface area contributed by atoms with Crippen molar-refractivity contribution in [3.05, 3.63) is 83.0 Å². The molecule has 27 heavy (non-hydrogen) atoms. The summed E-state index contributed by atoms with van der Waals surface area (Å²) in [6, 6.07) is 16.1. The molecule has 2 aromatic carbocycles. The second kappa shape index (κ2) is 8.01. The van der Waals surface area contributed by atoms with Gasteiger partial charge in [-0.3, -0.25) is 4.79 Å². The van der Waals surface area contributed by atoms with Gasteiger partial charge in [-0.1, -0.05) is 60.2 Å². The Morgan fingerprint density at radius 3 is 2.74 bits per heavy atom. The lowest BCUT2D eigenvalue weighted by Crippen LogP contribution is -2.34. The lowest BCUT2D eigenvalue weighted by molar-refractivity contribution is -0.125. The number of amides is 1. The summed E-state index contributed by atoms with van der Waals surface area (Å²) < 4.78 is 0. The Morgan fingerprint density at radius 2 is 1.93 bits per heavy atom. The fourth-order valence-electron chi connectivity index (χ4n) is 3.91. The summed E-state index contributed by atoms with van der Waals surface area (Å²) in [4.78, 5) is 16.0. The number of hydrogen-bond donors (Lipinski definition) is 2. The van der Waals surface area contributed by atoms with E-state index >= 15 is 0 Å². The van der Waals surface area contributed by atoms with Crippen molar-refractivity contribution in [1.29, 1.82) is 0 Å². The van der Waals surface area contributed by atoms with Gasteiger partial charge in [-0.25, -0.2) is 0 Å². The molecule has 138 valence electrons. The van der Waals surface area contributed by atoms with Gasteiger partial charge in [-0.2, -0.15) is 0 Å². The van der Waals surface area contributed by atoms with Gasteiger partial charge in [0.25, 0.3) is 0 Å². The van der Waals surface area contributed by atoms with Crippen LogP contribution in [0.15, 0.2) is 66.9 Å². The first-order chi connectivity index (χ1) is 13.2. The molecule has 3 aromatic rings. The van der Waals surface area contributed by atoms with Crippen molar-refractivity contribution in [2.75, 3.05) is 6.54 Å². The number of carbonyl (C=O) groups excluding carboxylic acids is 1. The number of H-pyrrole nitrogens is 1. The number of hydrogen-bond acceptors (Lipinski definition) is 1. The number of para-hydroxylation sites is 1. The van der Waals surface area contributed by atoms with Crippen LogP contribution in [0.3, 0.4) is 0 Å². The highest BCUT2D eigenvalue weighted by molar-refractivity contribution is 6.31. The minimum absolute atomic E-state index is 0.00191. The summed E-state index contributed by atoms with van der Waals surface area (Å²) in [5.41, 5.74) is 3.28. The van der Waals surface area contributed by atoms with Crippen molar-refractivity contribution in [3.63, 3.8) is 0 Å². The second-order valence-electron chi connectivity index (χ2n) is 7.09. The highest BCUT2D eigenvalue weighted by atomic mass is 35.5. The van der Waals surface area contributed by atoms with Gasteiger partial charge >= 0.3 is 0 Å². The van der Waals surface area contributed by atoms with Crippen molar-refractivity contribution >= 4 is 28.4 Å². The summed E-state index contributed by atoms with van der Waals surface area (Å²) >= 11 is 6.52. The number of benzene rings is 2. The van der Waals surface area contributed by atoms with Gasteiger partial charge in [-0.05, 0) is 42.5 Å². The van der Waals surface area contributed by atoms with Crippen molar-refractivity contribution in [2.45, 2.75) is 25.2 Å². The van der Waals surface area contributed by atoms with Crippen LogP contribution in [-0.2, 0) is 4.79 Å². The van der Waals surface area contributed by atoms with Gasteiger partial charge in [-0.15, -0.1) is 0 Å². The summed E-state index contributed by atoms with van der Waals surface area (Å²) in [5.74, 6) is 0.207. The van der Waals surface area contributed by atoms with E-state index in [2.05, 4.69) is 34.6 Å². The molecule has 1 aliphatic carbocycles. The highest BCUT2D eigenvalue weighted by Gasteiger charge is 2.23. The van der Waals surface area contributed by atoms with Crippen molar-refractivity contribution in [3.8, 4) is 0 Å². The molecule has 0 fully saturated rings. The molecular weight excluding hydrogens is 356 g/mol. The average molecular weight is 379 g/mol. The van der Waals surface area contributed by atoms with Crippen LogP contribution in [-0.4, -0.2) is 17.4 Å². The Labute approximate surface area is 164 Å². The van der Waals surface area contributed by atoms with Crippen LogP contribution >= 0.6 is 11.6 Å². The lowest BCUT2D eigenvalue weighted by atomic mass is 9.89. The Hall–Kier alpha value is -2.52. The fraction of sp³-hybridized carbons (Fsp3) is 0.261. The maximum Gasteiger partial charge on any atom is 0.223 e. The molecule has 2 N–H and O–H groups in total. The topological polar surface area (TPSA) is 44.9 Å². The molecule has 0 aliphatic heterocycles. The van der Waals surface area contributed by atoms with E-state index in [1.54, 1.807) is 0 Å². The van der Waals surface area contributed by atoms with Crippen LogP contribution in [0.25, 0.3) is 10.9 Å². The quantitative estimate of drug-likeness (QED) is 0.571. The summed E-state index contributed by atoms with van der Waals surface area (Å²) in [6.07, 6.45) is 9.03. The number of halogens is 1. The van der Waals surface area contributed by atoms with Gasteiger partial charge in [0.1, 0.15) is 0 Å². The molecule has 3 nitrogen and oxygen atoms in total. The molecule has 1 aliphatic rings. The monoisotopic (exact) mass is 378 g/mol. The van der Waals surface area contributed by atoms with Gasteiger partial charge in [0.05, 0.1) is 0 Å². The average Bonchev–Trinajstić information content (AvgIpc) is 3.14. The van der Waals surface area contributed by atoms with Crippen molar-refractivity contribution < 1.29 is 4.79 Å². The molecule has 4 heteroatoms. The highest BCUT2D eigenvalue weighted by Crippen LogP contribution is 2.34. The zero-order chi connectivity index (χ0) is 18.6. The first-order valence-electron chi connectivity index (χ1n) is 9.47. The van der Waals surface area contributed by atoms with Crippen LogP contribution in [0.2, 0.25) is 5.02 Å². The van der Waals surface area contributed by atoms with E-state index < -0.39 is 0 Å². The first-order valence-corrected chi connectivity index (χ1v) is 9.85. The van der Waals surface area contributed by atoms with E-state index in [1.165, 1.54) is 0 Å². The molecule has 1 amide bonds. The normalized spacial score (nSPS) is 17.7. The van der Waals surface area contributed by atoms with Gasteiger partial charge in [0.2, 0.25) is 5.91 Å². The van der Waals surface area contributed by atoms with E-state index in [0.717, 1.165) is 46.3 Å². The zero-order valence-corrected chi connectivity index (χ0v) is 15.9. The maximum atomic E-state index is 12.7. The van der Waals surface area contributed by atoms with Gasteiger partial charge < -0.3 is 10.3 Å². The smallest absolute Gasteiger partial charge is 0.223 e. The van der Waals surface area contributed by atoms with E-state index in [9.17, 15) is 4.79 Å². The maximum absolute atomic E-state index is 12.7. The van der Waals surface area contributed by atoms with Gasteiger partial charge in [0.15, 0.2) is 0 Å². The Morgan fingerprint density at radius 1 is 1.11 bits per heavy atom. The molecular formula is C23H23ClN2O. The molecule has 0 bridgehead atoms. The number of nitrogens with one attached hydrogen (secondary N) is 2. The van der Waals surface area contributed by atoms with Crippen LogP contribution < -0.4 is 5.32 Å². The van der Waals surface area contributed by atoms with Crippen LogP contribution in [0.4, 0.5) is 0 Å². The number of allylic oxidation sites excluding steroid dienone is 2. The largest absolute Gasteiger partial charge is 0.361 e. The molecule has 0 saturated carbocycles. The lowest BCUT2D eigenvalue weighted by Gasteiger charge is -2.22. The molecule has 2 unspecified atom stereocenters. The number of aromatic nitrogens is 1. The van der Waals surface area contributed by atoms with Crippen LogP contribution in [0, 0.1) is 5.92 Å². The predicted molar refractivity (Wildman–Crippen MR) is 111 cm³/mol. The molecule has 2 atom stereocenters. The number of rotatable bonds is 5. The van der Waals surface area contributed by atoms with Crippen LogP contribution in [0.1, 0.15) is 36.3 Å². The number of carbonyl (C=O) groups is 1. The molecule has 1 aromatic heterocycles. The summed E-state index contributed by atoms with van der Waals surface area (Å²) in [7, 11) is 0. The van der Waals surface area contributed by atoms with Crippen LogP contribution in [0.5, 0.6) is 0 Å². The van der Waals surface area contributed by atoms with Crippen molar-refractivity contribution in [2.24, 2.45) is 5.92 Å². The fourth-order valence-corrected chi connectivity index (χ4v) is 4.17. The molecule has 1 heterocycles. The predicted octanol–water partition coefficient (Wildman–Crippen LogP) is 5.43. The standard InChI is InChI=1S/C23H23ClN2O/c24-21-12-6-4-10-17(21)19(15-26-23(27)16-8-2-1-3-9-16)20-14-25-22-13-7-5-11-18(20)22/h1-2,4-7,10-14,16,19,25H,3,8-9,15H2,(H,26,27). The molecule has 0 radical (unpaired) electrons. The van der Waals surface area contributed by atoms with Crippen molar-refractivity contribution in [1.82, 2.24) is 10.3 Å². The van der Waals surface area contributed by atoms with E-state index in [4.69, 9.17) is 11.6 Å². The Balaban J connectivity index is 1.64. The van der Waals surface area contributed by atoms with E-state index in [1.807, 2.05) is 42.6 Å². The minimum Gasteiger partial charge on any atom is -0.361 e. The third-order valence-electron chi connectivity index (χ3n) is 5.40. The Kier molecular flexibility index (Phi) is 5.30. The first kappa shape index (κ1) is 17.9. The van der Waals surface area contributed by atoms with E-state index in [-0.39, 0.29) is 17.7 Å². The molecule has 0 spiro atoms. The third kappa shape index (κ3) is 3.79. The SMILES string of the molecule is O=C(NCC(c1ccccc1Cl)c1c[nH]c2ccccc12)C1CC=CCC1. The number of fused-ring (bicyclic) bond motifs is 1. The molecule has 0 saturated heterocycles. The Bertz CT molecular complexity index is 975.